The van der Waals surface area contributed by atoms with Gasteiger partial charge in [-0.05, 0) is 65.6 Å². The minimum absolute atomic E-state index is 0.00251. The molecular formula is C27H26F3NO4. The van der Waals surface area contributed by atoms with Crippen LogP contribution in [0.5, 0.6) is 17.2 Å². The molecule has 3 aromatic carbocycles. The third kappa shape index (κ3) is 7.81. The van der Waals surface area contributed by atoms with Crippen LogP contribution < -0.4 is 14.8 Å². The fraction of sp³-hybridized carbons (Fsp3) is 0.222. The summed E-state index contributed by atoms with van der Waals surface area (Å²) in [5.74, 6) is 0.259. The molecule has 3 rings (SSSR count). The molecule has 8 heteroatoms. The van der Waals surface area contributed by atoms with Crippen LogP contribution in [0.3, 0.4) is 0 Å². The van der Waals surface area contributed by atoms with Gasteiger partial charge in [0.05, 0.1) is 7.11 Å². The quantitative estimate of drug-likeness (QED) is 0.276. The number of ether oxygens (including phenoxy) is 3. The van der Waals surface area contributed by atoms with E-state index in [-0.39, 0.29) is 11.2 Å². The number of carbonyl (C=O) groups is 1. The van der Waals surface area contributed by atoms with E-state index in [0.29, 0.717) is 28.4 Å². The molecule has 0 radical (unpaired) electrons. The zero-order valence-corrected chi connectivity index (χ0v) is 19.8. The molecule has 0 aromatic heterocycles. The van der Waals surface area contributed by atoms with Gasteiger partial charge in [-0.1, -0.05) is 32.9 Å². The van der Waals surface area contributed by atoms with E-state index >= 15 is 0 Å². The van der Waals surface area contributed by atoms with E-state index in [1.165, 1.54) is 37.5 Å². The van der Waals surface area contributed by atoms with Crippen molar-refractivity contribution in [2.24, 2.45) is 0 Å². The van der Waals surface area contributed by atoms with Gasteiger partial charge in [-0.2, -0.15) is 0 Å². The minimum atomic E-state index is -4.75. The topological polar surface area (TPSA) is 56.8 Å². The Morgan fingerprint density at radius 2 is 1.46 bits per heavy atom. The highest BCUT2D eigenvalue weighted by atomic mass is 19.4. The number of benzene rings is 3. The summed E-state index contributed by atoms with van der Waals surface area (Å²) >= 11 is 0. The van der Waals surface area contributed by atoms with Crippen molar-refractivity contribution in [3.63, 3.8) is 0 Å². The molecule has 0 heterocycles. The van der Waals surface area contributed by atoms with Crippen molar-refractivity contribution in [1.29, 1.82) is 0 Å². The number of carbonyl (C=O) groups excluding carboxylic acids is 1. The highest BCUT2D eigenvalue weighted by Gasteiger charge is 2.30. The van der Waals surface area contributed by atoms with Crippen LogP contribution in [0.15, 0.2) is 72.8 Å². The molecule has 0 atom stereocenters. The summed E-state index contributed by atoms with van der Waals surface area (Å²) in [7, 11) is 1.29. The lowest BCUT2D eigenvalue weighted by molar-refractivity contribution is -0.274. The van der Waals surface area contributed by atoms with Gasteiger partial charge in [-0.3, -0.25) is 0 Å². The number of alkyl halides is 3. The molecule has 0 unspecified atom stereocenters. The predicted octanol–water partition coefficient (Wildman–Crippen LogP) is 7.60. The largest absolute Gasteiger partial charge is 0.573 e. The fourth-order valence-electron chi connectivity index (χ4n) is 3.12. The molecule has 1 N–H and O–H groups in total. The number of methoxy groups -OCH3 is 1. The van der Waals surface area contributed by atoms with Crippen LogP contribution in [0, 0.1) is 0 Å². The molecule has 0 amide bonds. The second kappa shape index (κ2) is 10.5. The standard InChI is InChI=1S/C27H26F3NO4/c1-26(2,3)19-7-12-22(13-8-19)34-24-17-21(9-5-18(24)6-16-25(32)33-4)31-20-10-14-23(15-11-20)35-27(28,29)30/h5-17,31H,1-4H3/b16-6-. The summed E-state index contributed by atoms with van der Waals surface area (Å²) in [6.07, 6.45) is -1.88. The average Bonchev–Trinajstić information content (AvgIpc) is 2.78. The van der Waals surface area contributed by atoms with Crippen LogP contribution in [-0.4, -0.2) is 19.4 Å². The fourth-order valence-corrected chi connectivity index (χ4v) is 3.12. The lowest BCUT2D eigenvalue weighted by atomic mass is 9.87. The SMILES string of the molecule is COC(=O)/C=C\c1ccc(Nc2ccc(OC(F)(F)F)cc2)cc1Oc1ccc(C(C)(C)C)cc1. The molecule has 0 saturated heterocycles. The Morgan fingerprint density at radius 1 is 0.857 bits per heavy atom. The van der Waals surface area contributed by atoms with Gasteiger partial charge in [-0.25, -0.2) is 4.79 Å². The van der Waals surface area contributed by atoms with Gasteiger partial charge < -0.3 is 19.5 Å². The van der Waals surface area contributed by atoms with Crippen LogP contribution in [0.2, 0.25) is 0 Å². The molecule has 0 bridgehead atoms. The first-order chi connectivity index (χ1) is 16.4. The van der Waals surface area contributed by atoms with E-state index in [9.17, 15) is 18.0 Å². The Hall–Kier alpha value is -3.94. The Kier molecular flexibility index (Phi) is 7.74. The summed E-state index contributed by atoms with van der Waals surface area (Å²) in [5.41, 5.74) is 2.97. The minimum Gasteiger partial charge on any atom is -0.466 e. The zero-order valence-electron chi connectivity index (χ0n) is 19.8. The number of hydrogen-bond acceptors (Lipinski definition) is 5. The molecule has 0 spiro atoms. The predicted molar refractivity (Wildman–Crippen MR) is 129 cm³/mol. The van der Waals surface area contributed by atoms with Gasteiger partial charge in [0.2, 0.25) is 0 Å². The molecule has 35 heavy (non-hydrogen) atoms. The number of nitrogens with one attached hydrogen (secondary N) is 1. The smallest absolute Gasteiger partial charge is 0.466 e. The maximum absolute atomic E-state index is 12.4. The average molecular weight is 486 g/mol. The third-order valence-electron chi connectivity index (χ3n) is 4.94. The van der Waals surface area contributed by atoms with Gasteiger partial charge in [0, 0.05) is 29.1 Å². The number of hydrogen-bond donors (Lipinski definition) is 1. The molecule has 3 aromatic rings. The molecule has 184 valence electrons. The number of anilines is 2. The van der Waals surface area contributed by atoms with Crippen molar-refractivity contribution in [3.05, 3.63) is 83.9 Å². The lowest BCUT2D eigenvalue weighted by Gasteiger charge is -2.19. The highest BCUT2D eigenvalue weighted by molar-refractivity contribution is 5.87. The van der Waals surface area contributed by atoms with E-state index in [1.807, 2.05) is 24.3 Å². The summed E-state index contributed by atoms with van der Waals surface area (Å²) in [6.45, 7) is 6.36. The van der Waals surface area contributed by atoms with E-state index < -0.39 is 12.3 Å². The number of esters is 1. The van der Waals surface area contributed by atoms with Crippen molar-refractivity contribution < 1.29 is 32.2 Å². The van der Waals surface area contributed by atoms with E-state index in [0.717, 1.165) is 5.56 Å². The van der Waals surface area contributed by atoms with Crippen molar-refractivity contribution in [3.8, 4) is 17.2 Å². The summed E-state index contributed by atoms with van der Waals surface area (Å²) in [4.78, 5) is 11.6. The van der Waals surface area contributed by atoms with Gasteiger partial charge in [-0.15, -0.1) is 13.2 Å². The number of halogens is 3. The van der Waals surface area contributed by atoms with Gasteiger partial charge in [0.15, 0.2) is 0 Å². The number of rotatable bonds is 7. The molecule has 5 nitrogen and oxygen atoms in total. The van der Waals surface area contributed by atoms with Crippen LogP contribution in [0.4, 0.5) is 24.5 Å². The van der Waals surface area contributed by atoms with E-state index in [2.05, 4.69) is 35.6 Å². The Labute approximate surface area is 202 Å². The van der Waals surface area contributed by atoms with Gasteiger partial charge in [0.25, 0.3) is 0 Å². The molecule has 0 aliphatic heterocycles. The molecule has 0 fully saturated rings. The monoisotopic (exact) mass is 485 g/mol. The van der Waals surface area contributed by atoms with Gasteiger partial charge in [0.1, 0.15) is 17.2 Å². The summed E-state index contributed by atoms with van der Waals surface area (Å²) in [6, 6.07) is 18.3. The first-order valence-electron chi connectivity index (χ1n) is 10.7. The molecule has 0 aliphatic rings. The van der Waals surface area contributed by atoms with Crippen LogP contribution in [-0.2, 0) is 14.9 Å². The highest BCUT2D eigenvalue weighted by Crippen LogP contribution is 2.33. The first kappa shape index (κ1) is 25.7. The van der Waals surface area contributed by atoms with Crippen LogP contribution in [0.25, 0.3) is 6.08 Å². The maximum Gasteiger partial charge on any atom is 0.573 e. The Bertz CT molecular complexity index is 1180. The molecular weight excluding hydrogens is 459 g/mol. The molecule has 0 aliphatic carbocycles. The van der Waals surface area contributed by atoms with Crippen molar-refractivity contribution >= 4 is 23.4 Å². The lowest BCUT2D eigenvalue weighted by Crippen LogP contribution is -2.16. The Balaban J connectivity index is 1.85. The first-order valence-corrected chi connectivity index (χ1v) is 10.7. The normalized spacial score (nSPS) is 11.9. The van der Waals surface area contributed by atoms with Crippen molar-refractivity contribution in [1.82, 2.24) is 0 Å². The van der Waals surface area contributed by atoms with Crippen molar-refractivity contribution in [2.45, 2.75) is 32.5 Å². The summed E-state index contributed by atoms with van der Waals surface area (Å²) in [5, 5.41) is 3.12. The van der Waals surface area contributed by atoms with Crippen molar-refractivity contribution in [2.75, 3.05) is 12.4 Å². The Morgan fingerprint density at radius 3 is 2.03 bits per heavy atom. The maximum atomic E-state index is 12.4. The van der Waals surface area contributed by atoms with Gasteiger partial charge >= 0.3 is 12.3 Å². The summed E-state index contributed by atoms with van der Waals surface area (Å²) < 4.78 is 51.8. The third-order valence-corrected chi connectivity index (χ3v) is 4.94. The van der Waals surface area contributed by atoms with E-state index in [4.69, 9.17) is 4.74 Å². The van der Waals surface area contributed by atoms with E-state index in [1.54, 1.807) is 24.3 Å². The second-order valence-corrected chi connectivity index (χ2v) is 8.68. The second-order valence-electron chi connectivity index (χ2n) is 8.68. The zero-order chi connectivity index (χ0) is 25.6. The van der Waals surface area contributed by atoms with Crippen LogP contribution >= 0.6 is 0 Å². The van der Waals surface area contributed by atoms with Crippen LogP contribution in [0.1, 0.15) is 31.9 Å². The molecule has 0 saturated carbocycles.